The van der Waals surface area contributed by atoms with Crippen LogP contribution in [-0.2, 0) is 9.53 Å². The number of methoxy groups -OCH3 is 1. The van der Waals surface area contributed by atoms with Crippen LogP contribution in [0.25, 0.3) is 0 Å². The molecule has 1 saturated heterocycles. The van der Waals surface area contributed by atoms with Gasteiger partial charge in [0.05, 0.1) is 17.7 Å². The largest absolute Gasteiger partial charge is 0.388 e. The number of ether oxygens (including phenoxy) is 1. The molecule has 0 aromatic carbocycles. The molecule has 1 aliphatic carbocycles. The second-order valence-corrected chi connectivity index (χ2v) is 9.00. The third-order valence-corrected chi connectivity index (χ3v) is 6.74. The molecule has 3 rings (SSSR count). The highest BCUT2D eigenvalue weighted by Crippen LogP contribution is 2.39. The summed E-state index contributed by atoms with van der Waals surface area (Å²) in [5.41, 5.74) is -1.13. The molecule has 0 radical (unpaired) electrons. The van der Waals surface area contributed by atoms with Crippen LogP contribution < -0.4 is 10.6 Å². The van der Waals surface area contributed by atoms with E-state index in [1.807, 2.05) is 17.5 Å². The number of hydrogen-bond acceptors (Lipinski definition) is 5. The Morgan fingerprint density at radius 3 is 2.71 bits per heavy atom. The van der Waals surface area contributed by atoms with Gasteiger partial charge in [-0.05, 0) is 37.6 Å². The normalized spacial score (nSPS) is 28.8. The molecule has 1 saturated carbocycles. The lowest BCUT2D eigenvalue weighted by Crippen LogP contribution is -2.65. The Kier molecular flexibility index (Phi) is 6.95. The zero-order valence-corrected chi connectivity index (χ0v) is 17.5. The Balaban J connectivity index is 1.83. The highest BCUT2D eigenvalue weighted by atomic mass is 32.1. The van der Waals surface area contributed by atoms with Crippen LogP contribution in [0.2, 0.25) is 0 Å². The first kappa shape index (κ1) is 21.1. The van der Waals surface area contributed by atoms with E-state index in [1.54, 1.807) is 11.8 Å². The van der Waals surface area contributed by atoms with Gasteiger partial charge in [-0.25, -0.2) is 4.79 Å². The number of rotatable bonds is 5. The summed E-state index contributed by atoms with van der Waals surface area (Å²) >= 11 is 1.53. The molecule has 7 nitrogen and oxygen atoms in total. The van der Waals surface area contributed by atoms with Gasteiger partial charge >= 0.3 is 6.03 Å². The number of urea groups is 1. The molecular weight excluding hydrogens is 378 g/mol. The van der Waals surface area contributed by atoms with Crippen molar-refractivity contribution in [1.82, 2.24) is 15.5 Å². The number of carbonyl (C=O) groups excluding carboxylic acids is 2. The van der Waals surface area contributed by atoms with Crippen LogP contribution in [0.5, 0.6) is 0 Å². The van der Waals surface area contributed by atoms with Gasteiger partial charge in [0.15, 0.2) is 0 Å². The van der Waals surface area contributed by atoms with E-state index in [-0.39, 0.29) is 24.6 Å². The average Bonchev–Trinajstić information content (AvgIpc) is 3.18. The number of aliphatic hydroxyl groups is 1. The van der Waals surface area contributed by atoms with Crippen molar-refractivity contribution in [1.29, 1.82) is 0 Å². The molecule has 3 atom stereocenters. The monoisotopic (exact) mass is 409 g/mol. The molecule has 1 aromatic rings. The Morgan fingerprint density at radius 1 is 1.32 bits per heavy atom. The van der Waals surface area contributed by atoms with E-state index in [0.717, 1.165) is 30.6 Å². The van der Waals surface area contributed by atoms with E-state index < -0.39 is 17.7 Å². The molecule has 2 aliphatic rings. The molecule has 2 fully saturated rings. The predicted octanol–water partition coefficient (Wildman–Crippen LogP) is 2.42. The van der Waals surface area contributed by atoms with Crippen LogP contribution in [-0.4, -0.2) is 59.9 Å². The number of thiophene rings is 1. The minimum atomic E-state index is -1.13. The second-order valence-electron chi connectivity index (χ2n) is 8.02. The van der Waals surface area contributed by atoms with Gasteiger partial charge < -0.3 is 25.4 Å². The van der Waals surface area contributed by atoms with E-state index >= 15 is 0 Å². The number of piperidine rings is 1. The van der Waals surface area contributed by atoms with Crippen molar-refractivity contribution in [2.75, 3.05) is 20.3 Å². The van der Waals surface area contributed by atoms with Crippen LogP contribution in [0.1, 0.15) is 56.4 Å². The van der Waals surface area contributed by atoms with Gasteiger partial charge in [0.25, 0.3) is 0 Å². The SMILES string of the molecule is COCC(=O)NC1C(c2cccs2)N(C(=O)NC2CCCCC2)CCC1(C)O. The van der Waals surface area contributed by atoms with Crippen LogP contribution >= 0.6 is 11.3 Å². The third kappa shape index (κ3) is 4.85. The van der Waals surface area contributed by atoms with Crippen molar-refractivity contribution in [3.63, 3.8) is 0 Å². The van der Waals surface area contributed by atoms with Crippen molar-refractivity contribution >= 4 is 23.3 Å². The van der Waals surface area contributed by atoms with E-state index in [9.17, 15) is 14.7 Å². The molecule has 1 aromatic heterocycles. The zero-order chi connectivity index (χ0) is 20.1. The average molecular weight is 410 g/mol. The second kappa shape index (κ2) is 9.24. The van der Waals surface area contributed by atoms with Gasteiger partial charge in [-0.15, -0.1) is 11.3 Å². The van der Waals surface area contributed by atoms with Gasteiger partial charge in [-0.3, -0.25) is 4.79 Å². The fourth-order valence-electron chi connectivity index (χ4n) is 4.25. The van der Waals surface area contributed by atoms with E-state index in [4.69, 9.17) is 4.74 Å². The first-order valence-electron chi connectivity index (χ1n) is 10.0. The number of nitrogens with zero attached hydrogens (tertiary/aromatic N) is 1. The van der Waals surface area contributed by atoms with Crippen LogP contribution in [0, 0.1) is 0 Å². The molecule has 156 valence electrons. The van der Waals surface area contributed by atoms with Gasteiger partial charge in [0.2, 0.25) is 5.91 Å². The molecular formula is C20H31N3O4S. The Bertz CT molecular complexity index is 658. The highest BCUT2D eigenvalue weighted by Gasteiger charge is 2.48. The zero-order valence-electron chi connectivity index (χ0n) is 16.6. The molecule has 28 heavy (non-hydrogen) atoms. The summed E-state index contributed by atoms with van der Waals surface area (Å²) in [6.45, 7) is 2.07. The smallest absolute Gasteiger partial charge is 0.318 e. The molecule has 0 spiro atoms. The lowest BCUT2D eigenvalue weighted by atomic mass is 9.82. The standard InChI is InChI=1S/C20H31N3O4S/c1-20(26)10-11-23(19(25)21-14-7-4-3-5-8-14)17(15-9-6-12-28-15)18(20)22-16(24)13-27-2/h6,9,12,14,17-18,26H,3-5,7-8,10-11,13H2,1-2H3,(H,21,25)(H,22,24). The topological polar surface area (TPSA) is 90.9 Å². The highest BCUT2D eigenvalue weighted by molar-refractivity contribution is 7.10. The maximum absolute atomic E-state index is 13.1. The summed E-state index contributed by atoms with van der Waals surface area (Å²) in [4.78, 5) is 28.1. The minimum Gasteiger partial charge on any atom is -0.388 e. The lowest BCUT2D eigenvalue weighted by molar-refractivity contribution is -0.131. The molecule has 1 aliphatic heterocycles. The molecule has 8 heteroatoms. The summed E-state index contributed by atoms with van der Waals surface area (Å²) < 4.78 is 4.93. The van der Waals surface area contributed by atoms with E-state index in [0.29, 0.717) is 13.0 Å². The maximum Gasteiger partial charge on any atom is 0.318 e. The molecule has 0 bridgehead atoms. The Morgan fingerprint density at radius 2 is 2.07 bits per heavy atom. The summed E-state index contributed by atoms with van der Waals surface area (Å²) in [5, 5.41) is 19.1. The van der Waals surface area contributed by atoms with Crippen molar-refractivity contribution in [3.8, 4) is 0 Å². The van der Waals surface area contributed by atoms with E-state index in [2.05, 4.69) is 10.6 Å². The van der Waals surface area contributed by atoms with Crippen molar-refractivity contribution in [2.24, 2.45) is 0 Å². The number of nitrogens with one attached hydrogen (secondary N) is 2. The summed E-state index contributed by atoms with van der Waals surface area (Å²) in [6, 6.07) is 2.93. The predicted molar refractivity (Wildman–Crippen MR) is 108 cm³/mol. The van der Waals surface area contributed by atoms with Crippen molar-refractivity contribution in [2.45, 2.75) is 69.2 Å². The van der Waals surface area contributed by atoms with Crippen LogP contribution in [0.15, 0.2) is 17.5 Å². The first-order valence-corrected chi connectivity index (χ1v) is 10.9. The van der Waals surface area contributed by atoms with Gasteiger partial charge in [0.1, 0.15) is 6.61 Å². The summed E-state index contributed by atoms with van der Waals surface area (Å²) in [5.74, 6) is -0.302. The molecule has 3 amide bonds. The van der Waals surface area contributed by atoms with Crippen LogP contribution in [0.3, 0.4) is 0 Å². The minimum absolute atomic E-state index is 0.0853. The number of carbonyl (C=O) groups is 2. The number of hydrogen-bond donors (Lipinski definition) is 3. The molecule has 3 unspecified atom stereocenters. The van der Waals surface area contributed by atoms with Crippen LogP contribution in [0.4, 0.5) is 4.79 Å². The number of likely N-dealkylation sites (tertiary alicyclic amines) is 1. The van der Waals surface area contributed by atoms with Gasteiger partial charge in [-0.1, -0.05) is 25.3 Å². The molecule has 2 heterocycles. The fraction of sp³-hybridized carbons (Fsp3) is 0.700. The molecule has 3 N–H and O–H groups in total. The fourth-order valence-corrected chi connectivity index (χ4v) is 5.13. The van der Waals surface area contributed by atoms with Crippen molar-refractivity contribution < 1.29 is 19.4 Å². The van der Waals surface area contributed by atoms with E-state index in [1.165, 1.54) is 24.9 Å². The summed E-state index contributed by atoms with van der Waals surface area (Å²) in [7, 11) is 1.46. The lowest BCUT2D eigenvalue weighted by Gasteiger charge is -2.48. The van der Waals surface area contributed by atoms with Gasteiger partial charge in [-0.2, -0.15) is 0 Å². The Hall–Kier alpha value is -1.64. The Labute approximate surface area is 170 Å². The first-order chi connectivity index (χ1) is 13.4. The maximum atomic E-state index is 13.1. The third-order valence-electron chi connectivity index (χ3n) is 5.80. The van der Waals surface area contributed by atoms with Crippen molar-refractivity contribution in [3.05, 3.63) is 22.4 Å². The quantitative estimate of drug-likeness (QED) is 0.697. The number of amides is 3. The van der Waals surface area contributed by atoms with Gasteiger partial charge in [0, 0.05) is 24.6 Å². The summed E-state index contributed by atoms with van der Waals surface area (Å²) in [6.07, 6.45) is 5.92.